The predicted molar refractivity (Wildman–Crippen MR) is 159 cm³/mol. The van der Waals surface area contributed by atoms with Gasteiger partial charge in [0.2, 0.25) is 0 Å². The smallest absolute Gasteiger partial charge is 0.416 e. The molecule has 4 aromatic rings. The summed E-state index contributed by atoms with van der Waals surface area (Å²) in [5, 5.41) is 18.0. The van der Waals surface area contributed by atoms with E-state index in [0.29, 0.717) is 31.6 Å². The van der Waals surface area contributed by atoms with Crippen LogP contribution in [0.3, 0.4) is 0 Å². The Labute approximate surface area is 260 Å². The Kier molecular flexibility index (Phi) is 9.00. The largest absolute Gasteiger partial charge is 0.478 e. The number of hydrogen-bond donors (Lipinski definition) is 2. The minimum Gasteiger partial charge on any atom is -0.478 e. The molecule has 12 heteroatoms. The first kappa shape index (κ1) is 32.4. The molecule has 0 amide bonds. The van der Waals surface area contributed by atoms with Gasteiger partial charge < -0.3 is 20.0 Å². The molecule has 0 fully saturated rings. The van der Waals surface area contributed by atoms with Crippen molar-refractivity contribution in [3.05, 3.63) is 129 Å². The number of fused-ring (bicyclic) bond motifs is 2. The molecule has 0 aliphatic carbocycles. The van der Waals surface area contributed by atoms with Gasteiger partial charge in [0.1, 0.15) is 0 Å². The zero-order chi connectivity index (χ0) is 33.2. The third-order valence-corrected chi connectivity index (χ3v) is 7.92. The van der Waals surface area contributed by atoms with E-state index in [9.17, 15) is 35.9 Å². The van der Waals surface area contributed by atoms with Crippen LogP contribution in [0.5, 0.6) is 0 Å². The average molecular weight is 643 g/mol. The van der Waals surface area contributed by atoms with Crippen LogP contribution >= 0.6 is 0 Å². The highest BCUT2D eigenvalue weighted by Gasteiger charge is 2.31. The van der Waals surface area contributed by atoms with E-state index in [2.05, 4.69) is 0 Å². The lowest BCUT2D eigenvalue weighted by Gasteiger charge is -2.20. The summed E-state index contributed by atoms with van der Waals surface area (Å²) in [5.74, 6) is -1.95. The second-order valence-corrected chi connectivity index (χ2v) is 11.0. The van der Waals surface area contributed by atoms with Gasteiger partial charge in [0, 0.05) is 37.6 Å². The highest BCUT2D eigenvalue weighted by molar-refractivity contribution is 5.89. The Balaban J connectivity index is 0.000000181. The van der Waals surface area contributed by atoms with Crippen LogP contribution in [-0.2, 0) is 38.3 Å². The molecular formula is C34H28F6N2O4. The summed E-state index contributed by atoms with van der Waals surface area (Å²) in [6.07, 6.45) is -7.26. The van der Waals surface area contributed by atoms with Crippen LogP contribution in [0.1, 0.15) is 54.1 Å². The fourth-order valence-corrected chi connectivity index (χ4v) is 5.62. The number of aromatic carboxylic acids is 2. The Morgan fingerprint density at radius 3 is 1.52 bits per heavy atom. The molecule has 0 unspecified atom stereocenters. The van der Waals surface area contributed by atoms with E-state index >= 15 is 0 Å². The molecule has 2 aliphatic rings. The molecule has 0 saturated carbocycles. The van der Waals surface area contributed by atoms with E-state index in [1.54, 1.807) is 36.4 Å². The van der Waals surface area contributed by atoms with Gasteiger partial charge in [0.25, 0.3) is 0 Å². The number of carbonyl (C=O) groups is 2. The van der Waals surface area contributed by atoms with Gasteiger partial charge in [-0.1, -0.05) is 24.3 Å². The highest BCUT2D eigenvalue weighted by atomic mass is 19.4. The van der Waals surface area contributed by atoms with E-state index in [4.69, 9.17) is 10.2 Å². The monoisotopic (exact) mass is 642 g/mol. The van der Waals surface area contributed by atoms with Crippen molar-refractivity contribution >= 4 is 23.3 Å². The number of carboxylic acid groups (broad SMARTS) is 2. The van der Waals surface area contributed by atoms with Crippen molar-refractivity contribution in [2.24, 2.45) is 0 Å². The van der Waals surface area contributed by atoms with Crippen LogP contribution < -0.4 is 9.80 Å². The Bertz CT molecular complexity index is 1750. The van der Waals surface area contributed by atoms with Crippen molar-refractivity contribution in [3.8, 4) is 0 Å². The van der Waals surface area contributed by atoms with Gasteiger partial charge >= 0.3 is 24.3 Å². The molecular weight excluding hydrogens is 614 g/mol. The second-order valence-electron chi connectivity index (χ2n) is 11.0. The van der Waals surface area contributed by atoms with E-state index in [-0.39, 0.29) is 11.1 Å². The van der Waals surface area contributed by atoms with Gasteiger partial charge in [-0.3, -0.25) is 0 Å². The number of anilines is 2. The molecule has 0 saturated heterocycles. The zero-order valence-corrected chi connectivity index (χ0v) is 24.2. The maximum Gasteiger partial charge on any atom is 0.416 e. The molecule has 2 heterocycles. The summed E-state index contributed by atoms with van der Waals surface area (Å²) in [6.45, 7) is 2.25. The third-order valence-electron chi connectivity index (χ3n) is 7.92. The van der Waals surface area contributed by atoms with Gasteiger partial charge in [-0.05, 0) is 95.8 Å². The van der Waals surface area contributed by atoms with Gasteiger partial charge in [0.15, 0.2) is 0 Å². The topological polar surface area (TPSA) is 81.1 Å². The maximum absolute atomic E-state index is 12.8. The number of rotatable bonds is 6. The fraction of sp³-hybridized carbons (Fsp3) is 0.235. The second kappa shape index (κ2) is 12.8. The van der Waals surface area contributed by atoms with Crippen LogP contribution in [-0.4, -0.2) is 35.2 Å². The van der Waals surface area contributed by atoms with Gasteiger partial charge in [-0.2, -0.15) is 26.3 Å². The lowest BCUT2D eigenvalue weighted by Crippen LogP contribution is -2.20. The Morgan fingerprint density at radius 2 is 1.07 bits per heavy atom. The van der Waals surface area contributed by atoms with Crippen LogP contribution in [0.15, 0.2) is 84.9 Å². The van der Waals surface area contributed by atoms with Crippen molar-refractivity contribution in [1.29, 1.82) is 0 Å². The van der Waals surface area contributed by atoms with E-state index < -0.39 is 35.4 Å². The summed E-state index contributed by atoms with van der Waals surface area (Å²) in [7, 11) is 0. The number of alkyl halides is 6. The van der Waals surface area contributed by atoms with Crippen molar-refractivity contribution < 1.29 is 46.1 Å². The summed E-state index contributed by atoms with van der Waals surface area (Å²) in [6, 6.07) is 20.2. The molecule has 0 atom stereocenters. The van der Waals surface area contributed by atoms with Crippen LogP contribution in [0.25, 0.3) is 0 Å². The first-order chi connectivity index (χ1) is 21.7. The molecule has 46 heavy (non-hydrogen) atoms. The van der Waals surface area contributed by atoms with Crippen molar-refractivity contribution in [1.82, 2.24) is 0 Å². The minimum atomic E-state index is -4.35. The number of hydrogen-bond acceptors (Lipinski definition) is 4. The summed E-state index contributed by atoms with van der Waals surface area (Å²) in [5.41, 5.74) is 4.22. The summed E-state index contributed by atoms with van der Waals surface area (Å²) < 4.78 is 76.0. The number of nitrogens with zero attached hydrogens (tertiary/aromatic N) is 2. The van der Waals surface area contributed by atoms with E-state index in [1.165, 1.54) is 24.3 Å². The van der Waals surface area contributed by atoms with Crippen molar-refractivity contribution in [3.63, 3.8) is 0 Å². The molecule has 0 bridgehead atoms. The maximum atomic E-state index is 12.8. The quantitative estimate of drug-likeness (QED) is 0.208. The normalized spacial score (nSPS) is 14.0. The first-order valence-corrected chi connectivity index (χ1v) is 14.2. The van der Waals surface area contributed by atoms with Gasteiger partial charge in [-0.25, -0.2) is 9.59 Å². The summed E-state index contributed by atoms with van der Waals surface area (Å²) >= 11 is 0. The van der Waals surface area contributed by atoms with Crippen molar-refractivity contribution in [2.75, 3.05) is 22.9 Å². The molecule has 0 radical (unpaired) electrons. The highest BCUT2D eigenvalue weighted by Crippen LogP contribution is 2.34. The zero-order valence-electron chi connectivity index (χ0n) is 24.2. The standard InChI is InChI=1S/2C17H14F3NO2/c18-17(19,20)14-4-1-11(2-5-14)10-21-8-7-12-9-13(16(22)23)3-6-15(12)21;18-17(19,20)14-3-1-2-11(8-14)10-21-7-6-12-9-13(16(22)23)4-5-15(12)21/h1-6,9H,7-8,10H2,(H,22,23);1-5,8-9H,6-7,10H2,(H,22,23). The number of benzene rings is 4. The molecule has 2 N–H and O–H groups in total. The first-order valence-electron chi connectivity index (χ1n) is 14.2. The molecule has 6 rings (SSSR count). The van der Waals surface area contributed by atoms with Gasteiger partial charge in [0.05, 0.1) is 22.3 Å². The summed E-state index contributed by atoms with van der Waals surface area (Å²) in [4.78, 5) is 26.0. The molecule has 4 aromatic carbocycles. The van der Waals surface area contributed by atoms with Crippen LogP contribution in [0.2, 0.25) is 0 Å². The molecule has 240 valence electrons. The lowest BCUT2D eigenvalue weighted by molar-refractivity contribution is -0.138. The third kappa shape index (κ3) is 7.44. The average Bonchev–Trinajstić information content (AvgIpc) is 3.60. The van der Waals surface area contributed by atoms with E-state index in [1.807, 2.05) is 9.80 Å². The van der Waals surface area contributed by atoms with Crippen LogP contribution in [0.4, 0.5) is 37.7 Å². The van der Waals surface area contributed by atoms with Gasteiger partial charge in [-0.15, -0.1) is 0 Å². The minimum absolute atomic E-state index is 0.227. The molecule has 0 spiro atoms. The van der Waals surface area contributed by atoms with Crippen LogP contribution in [0, 0.1) is 0 Å². The number of carboxylic acids is 2. The molecule has 6 nitrogen and oxygen atoms in total. The number of halogens is 6. The van der Waals surface area contributed by atoms with E-state index in [0.717, 1.165) is 65.3 Å². The fourth-order valence-electron chi connectivity index (χ4n) is 5.62. The molecule has 2 aliphatic heterocycles. The Hall–Kier alpha value is -5.00. The molecule has 0 aromatic heterocycles. The SMILES string of the molecule is O=C(O)c1ccc2c(c1)CCN2Cc1ccc(C(F)(F)F)cc1.O=C(O)c1ccc2c(c1)CCN2Cc1cccc(C(F)(F)F)c1. The van der Waals surface area contributed by atoms with Crippen molar-refractivity contribution in [2.45, 2.75) is 38.3 Å². The lowest BCUT2D eigenvalue weighted by atomic mass is 10.1. The predicted octanol–water partition coefficient (Wildman–Crippen LogP) is 7.93. The Morgan fingerprint density at radius 1 is 0.587 bits per heavy atom.